The Balaban J connectivity index is 2.70. The van der Waals surface area contributed by atoms with Crippen molar-refractivity contribution in [3.8, 4) is 12.3 Å². The molecular formula is C13H17N. The first-order chi connectivity index (χ1) is 6.75. The number of terminal acetylenes is 1. The Morgan fingerprint density at radius 3 is 2.71 bits per heavy atom. The Morgan fingerprint density at radius 1 is 1.36 bits per heavy atom. The van der Waals surface area contributed by atoms with Crippen LogP contribution in [0.2, 0.25) is 0 Å². The lowest BCUT2D eigenvalue weighted by Gasteiger charge is -2.12. The van der Waals surface area contributed by atoms with E-state index < -0.39 is 0 Å². The first-order valence-electron chi connectivity index (χ1n) is 4.97. The zero-order valence-corrected chi connectivity index (χ0v) is 8.88. The monoisotopic (exact) mass is 187 g/mol. The predicted octanol–water partition coefficient (Wildman–Crippen LogP) is 2.53. The van der Waals surface area contributed by atoms with E-state index in [9.17, 15) is 0 Å². The third-order valence-corrected chi connectivity index (χ3v) is 2.22. The van der Waals surface area contributed by atoms with E-state index >= 15 is 0 Å². The molecule has 1 aromatic rings. The molecule has 0 aliphatic rings. The van der Waals surface area contributed by atoms with E-state index in [1.165, 1.54) is 11.1 Å². The highest BCUT2D eigenvalue weighted by Gasteiger charge is 2.04. The summed E-state index contributed by atoms with van der Waals surface area (Å²) >= 11 is 0. The lowest BCUT2D eigenvalue weighted by Crippen LogP contribution is -2.14. The van der Waals surface area contributed by atoms with Gasteiger partial charge in [0.15, 0.2) is 0 Å². The Bertz CT molecular complexity index is 320. The number of rotatable bonds is 4. The fraction of sp³-hybridized carbons (Fsp3) is 0.385. The number of nitrogens with one attached hydrogen (secondary N) is 1. The Hall–Kier alpha value is -1.26. The van der Waals surface area contributed by atoms with Crippen molar-refractivity contribution in [2.75, 3.05) is 6.54 Å². The Kier molecular flexibility index (Phi) is 4.22. The molecule has 0 aliphatic heterocycles. The normalized spacial score (nSPS) is 10.1. The van der Waals surface area contributed by atoms with Crippen molar-refractivity contribution in [1.29, 1.82) is 0 Å². The van der Waals surface area contributed by atoms with Crippen LogP contribution in [0.15, 0.2) is 24.3 Å². The van der Waals surface area contributed by atoms with E-state index in [1.807, 2.05) is 0 Å². The maximum Gasteiger partial charge on any atom is 0.0576 e. The minimum Gasteiger partial charge on any atom is -0.302 e. The van der Waals surface area contributed by atoms with Crippen LogP contribution in [0.1, 0.15) is 30.9 Å². The summed E-state index contributed by atoms with van der Waals surface area (Å²) in [4.78, 5) is 0. The first kappa shape index (κ1) is 10.8. The van der Waals surface area contributed by atoms with Gasteiger partial charge in [0.25, 0.3) is 0 Å². The van der Waals surface area contributed by atoms with E-state index in [2.05, 4.69) is 49.4 Å². The van der Waals surface area contributed by atoms with Crippen LogP contribution < -0.4 is 5.32 Å². The van der Waals surface area contributed by atoms with Gasteiger partial charge in [-0.1, -0.05) is 44.0 Å². The molecule has 0 saturated heterocycles. The molecule has 1 aromatic carbocycles. The second kappa shape index (κ2) is 5.47. The standard InChI is InChI=1S/C13H17N/c1-4-9-14-10-12-7-5-6-8-13(12)11(2)3/h1,5-8,11,14H,9-10H2,2-3H3. The lowest BCUT2D eigenvalue weighted by molar-refractivity contribution is 0.744. The summed E-state index contributed by atoms with van der Waals surface area (Å²) in [5.41, 5.74) is 2.75. The highest BCUT2D eigenvalue weighted by molar-refractivity contribution is 5.29. The molecule has 1 N–H and O–H groups in total. The van der Waals surface area contributed by atoms with Gasteiger partial charge in [-0.25, -0.2) is 0 Å². The van der Waals surface area contributed by atoms with Crippen LogP contribution in [0.3, 0.4) is 0 Å². The lowest BCUT2D eigenvalue weighted by atomic mass is 9.97. The zero-order chi connectivity index (χ0) is 10.4. The van der Waals surface area contributed by atoms with Crippen molar-refractivity contribution < 1.29 is 0 Å². The molecule has 14 heavy (non-hydrogen) atoms. The molecule has 0 atom stereocenters. The van der Waals surface area contributed by atoms with Gasteiger partial charge >= 0.3 is 0 Å². The summed E-state index contributed by atoms with van der Waals surface area (Å²) in [6.07, 6.45) is 5.18. The molecule has 0 radical (unpaired) electrons. The number of benzene rings is 1. The average Bonchev–Trinajstić information content (AvgIpc) is 2.19. The highest BCUT2D eigenvalue weighted by atomic mass is 14.8. The van der Waals surface area contributed by atoms with Gasteiger partial charge in [-0.05, 0) is 17.0 Å². The molecule has 0 unspecified atom stereocenters. The molecule has 1 rings (SSSR count). The molecule has 1 heteroatoms. The molecule has 1 nitrogen and oxygen atoms in total. The quantitative estimate of drug-likeness (QED) is 0.564. The average molecular weight is 187 g/mol. The van der Waals surface area contributed by atoms with Crippen LogP contribution in [0.25, 0.3) is 0 Å². The van der Waals surface area contributed by atoms with Crippen LogP contribution in [0.5, 0.6) is 0 Å². The van der Waals surface area contributed by atoms with Gasteiger partial charge in [-0.15, -0.1) is 6.42 Å². The van der Waals surface area contributed by atoms with Crippen molar-refractivity contribution >= 4 is 0 Å². The SMILES string of the molecule is C#CCNCc1ccccc1C(C)C. The van der Waals surface area contributed by atoms with E-state index in [0.29, 0.717) is 12.5 Å². The second-order valence-corrected chi connectivity index (χ2v) is 3.66. The Labute approximate surface area is 86.5 Å². The third kappa shape index (κ3) is 2.90. The smallest absolute Gasteiger partial charge is 0.0576 e. The molecule has 0 bridgehead atoms. The minimum absolute atomic E-state index is 0.568. The van der Waals surface area contributed by atoms with Gasteiger partial charge in [0.1, 0.15) is 0 Å². The fourth-order valence-electron chi connectivity index (χ4n) is 1.53. The largest absolute Gasteiger partial charge is 0.302 e. The third-order valence-electron chi connectivity index (χ3n) is 2.22. The number of hydrogen-bond acceptors (Lipinski definition) is 1. The molecule has 0 aromatic heterocycles. The number of hydrogen-bond donors (Lipinski definition) is 1. The molecule has 0 spiro atoms. The summed E-state index contributed by atoms with van der Waals surface area (Å²) in [6, 6.07) is 8.48. The minimum atomic E-state index is 0.568. The van der Waals surface area contributed by atoms with Crippen LogP contribution in [0.4, 0.5) is 0 Å². The van der Waals surface area contributed by atoms with E-state index in [0.717, 1.165) is 6.54 Å². The predicted molar refractivity (Wildman–Crippen MR) is 61.1 cm³/mol. The van der Waals surface area contributed by atoms with Gasteiger partial charge in [-0.2, -0.15) is 0 Å². The molecular weight excluding hydrogens is 170 g/mol. The van der Waals surface area contributed by atoms with E-state index in [1.54, 1.807) is 0 Å². The van der Waals surface area contributed by atoms with Crippen LogP contribution in [-0.2, 0) is 6.54 Å². The zero-order valence-electron chi connectivity index (χ0n) is 8.88. The second-order valence-electron chi connectivity index (χ2n) is 3.66. The summed E-state index contributed by atoms with van der Waals surface area (Å²) in [5, 5.41) is 3.21. The van der Waals surface area contributed by atoms with Gasteiger partial charge in [0.2, 0.25) is 0 Å². The molecule has 0 fully saturated rings. The molecule has 0 heterocycles. The van der Waals surface area contributed by atoms with Gasteiger partial charge < -0.3 is 5.32 Å². The summed E-state index contributed by atoms with van der Waals surface area (Å²) in [6.45, 7) is 5.91. The molecule has 0 saturated carbocycles. The van der Waals surface area contributed by atoms with E-state index in [4.69, 9.17) is 6.42 Å². The van der Waals surface area contributed by atoms with Gasteiger partial charge in [-0.3, -0.25) is 0 Å². The van der Waals surface area contributed by atoms with E-state index in [-0.39, 0.29) is 0 Å². The van der Waals surface area contributed by atoms with Crippen molar-refractivity contribution in [2.45, 2.75) is 26.3 Å². The van der Waals surface area contributed by atoms with Crippen LogP contribution in [-0.4, -0.2) is 6.54 Å². The fourth-order valence-corrected chi connectivity index (χ4v) is 1.53. The maximum atomic E-state index is 5.18. The topological polar surface area (TPSA) is 12.0 Å². The van der Waals surface area contributed by atoms with Crippen molar-refractivity contribution in [3.63, 3.8) is 0 Å². The highest BCUT2D eigenvalue weighted by Crippen LogP contribution is 2.18. The summed E-state index contributed by atoms with van der Waals surface area (Å²) < 4.78 is 0. The van der Waals surface area contributed by atoms with Crippen LogP contribution in [0, 0.1) is 12.3 Å². The Morgan fingerprint density at radius 2 is 2.07 bits per heavy atom. The summed E-state index contributed by atoms with van der Waals surface area (Å²) in [5.74, 6) is 3.14. The van der Waals surface area contributed by atoms with Crippen molar-refractivity contribution in [2.24, 2.45) is 0 Å². The molecule has 0 amide bonds. The van der Waals surface area contributed by atoms with Crippen molar-refractivity contribution in [3.05, 3.63) is 35.4 Å². The molecule has 0 aliphatic carbocycles. The van der Waals surface area contributed by atoms with Gasteiger partial charge in [0.05, 0.1) is 6.54 Å². The molecule has 74 valence electrons. The van der Waals surface area contributed by atoms with Gasteiger partial charge in [0, 0.05) is 6.54 Å². The summed E-state index contributed by atoms with van der Waals surface area (Å²) in [7, 11) is 0. The van der Waals surface area contributed by atoms with Crippen LogP contribution >= 0.6 is 0 Å². The van der Waals surface area contributed by atoms with Crippen molar-refractivity contribution in [1.82, 2.24) is 5.32 Å². The first-order valence-corrected chi connectivity index (χ1v) is 4.97. The maximum absolute atomic E-state index is 5.18.